The zero-order valence-electron chi connectivity index (χ0n) is 17.2. The van der Waals surface area contributed by atoms with E-state index < -0.39 is 5.82 Å². The molecule has 0 unspecified atom stereocenters. The van der Waals surface area contributed by atoms with Crippen LogP contribution >= 0.6 is 0 Å². The number of nitrogens with one attached hydrogen (secondary N) is 1. The minimum absolute atomic E-state index is 0.0195. The van der Waals surface area contributed by atoms with Crippen LogP contribution in [0.3, 0.4) is 0 Å². The third-order valence-electron chi connectivity index (χ3n) is 6.86. The zero-order chi connectivity index (χ0) is 20.5. The van der Waals surface area contributed by atoms with Gasteiger partial charge in [-0.15, -0.1) is 0 Å². The van der Waals surface area contributed by atoms with E-state index in [1.807, 2.05) is 4.90 Å². The Morgan fingerprint density at radius 1 is 1.24 bits per heavy atom. The largest absolute Gasteiger partial charge is 0.496 e. The van der Waals surface area contributed by atoms with E-state index in [4.69, 9.17) is 4.74 Å². The third kappa shape index (κ3) is 3.97. The Morgan fingerprint density at radius 2 is 2.03 bits per heavy atom. The molecule has 3 fully saturated rings. The number of ether oxygens (including phenoxy) is 1. The summed E-state index contributed by atoms with van der Waals surface area (Å²) >= 11 is 0. The van der Waals surface area contributed by atoms with Crippen molar-refractivity contribution in [1.82, 2.24) is 15.1 Å². The van der Waals surface area contributed by atoms with Gasteiger partial charge in [-0.2, -0.15) is 0 Å². The van der Waals surface area contributed by atoms with Crippen LogP contribution in [0.2, 0.25) is 0 Å². The predicted octanol–water partition coefficient (Wildman–Crippen LogP) is 2.29. The Bertz CT molecular complexity index is 787. The van der Waals surface area contributed by atoms with Crippen LogP contribution < -0.4 is 10.1 Å². The second-order valence-corrected chi connectivity index (χ2v) is 8.62. The minimum atomic E-state index is -0.437. The molecule has 4 rings (SSSR count). The number of piperidine rings is 3. The van der Waals surface area contributed by atoms with Gasteiger partial charge in [-0.3, -0.25) is 14.5 Å². The fourth-order valence-corrected chi connectivity index (χ4v) is 5.62. The Kier molecular flexibility index (Phi) is 5.76. The van der Waals surface area contributed by atoms with Crippen molar-refractivity contribution in [2.24, 2.45) is 11.8 Å². The first-order valence-corrected chi connectivity index (χ1v) is 10.6. The first-order chi connectivity index (χ1) is 14.0. The maximum absolute atomic E-state index is 13.8. The molecule has 3 aliphatic rings. The Hall–Kier alpha value is -2.15. The highest BCUT2D eigenvalue weighted by atomic mass is 19.1. The van der Waals surface area contributed by atoms with Gasteiger partial charge in [-0.25, -0.2) is 4.39 Å². The molecule has 0 aromatic heterocycles. The average Bonchev–Trinajstić information content (AvgIpc) is 2.72. The summed E-state index contributed by atoms with van der Waals surface area (Å²) in [5.41, 5.74) is 0.284. The van der Waals surface area contributed by atoms with Gasteiger partial charge in [0, 0.05) is 38.6 Å². The number of hydrogen-bond donors (Lipinski definition) is 1. The van der Waals surface area contributed by atoms with Crippen molar-refractivity contribution >= 4 is 11.8 Å². The number of fused-ring (bicyclic) bond motifs is 4. The Labute approximate surface area is 171 Å². The number of rotatable bonds is 4. The molecular weight excluding hydrogens is 373 g/mol. The molecule has 7 heteroatoms. The van der Waals surface area contributed by atoms with Gasteiger partial charge in [0.05, 0.1) is 12.7 Å². The summed E-state index contributed by atoms with van der Waals surface area (Å²) in [5, 5.41) is 3.00. The number of benzene rings is 1. The topological polar surface area (TPSA) is 61.9 Å². The first kappa shape index (κ1) is 20.1. The molecule has 4 atom stereocenters. The van der Waals surface area contributed by atoms with E-state index >= 15 is 0 Å². The predicted molar refractivity (Wildman–Crippen MR) is 107 cm³/mol. The van der Waals surface area contributed by atoms with Crippen molar-refractivity contribution in [3.8, 4) is 5.75 Å². The van der Waals surface area contributed by atoms with Crippen LogP contribution in [0, 0.1) is 17.7 Å². The number of hydrogen-bond acceptors (Lipinski definition) is 4. The van der Waals surface area contributed by atoms with Gasteiger partial charge in [0.2, 0.25) is 5.91 Å². The second-order valence-electron chi connectivity index (χ2n) is 8.62. The molecule has 2 amide bonds. The Balaban J connectivity index is 1.58. The summed E-state index contributed by atoms with van der Waals surface area (Å²) in [6.07, 6.45) is 4.62. The summed E-state index contributed by atoms with van der Waals surface area (Å²) in [7, 11) is 1.50. The van der Waals surface area contributed by atoms with Crippen LogP contribution in [0.1, 0.15) is 43.0 Å². The van der Waals surface area contributed by atoms with E-state index in [0.29, 0.717) is 43.3 Å². The van der Waals surface area contributed by atoms with E-state index in [1.165, 1.54) is 38.2 Å². The molecule has 29 heavy (non-hydrogen) atoms. The van der Waals surface area contributed by atoms with Crippen molar-refractivity contribution < 1.29 is 18.7 Å². The Morgan fingerprint density at radius 3 is 2.79 bits per heavy atom. The highest BCUT2D eigenvalue weighted by Gasteiger charge is 2.48. The van der Waals surface area contributed by atoms with Gasteiger partial charge in [0.15, 0.2) is 0 Å². The van der Waals surface area contributed by atoms with Gasteiger partial charge in [0.25, 0.3) is 5.91 Å². The van der Waals surface area contributed by atoms with Crippen LogP contribution in [-0.2, 0) is 4.79 Å². The molecule has 2 bridgehead atoms. The van der Waals surface area contributed by atoms with Crippen LogP contribution in [0.25, 0.3) is 0 Å². The number of methoxy groups -OCH3 is 1. The van der Waals surface area contributed by atoms with Gasteiger partial charge >= 0.3 is 0 Å². The fraction of sp³-hybridized carbons (Fsp3) is 0.636. The standard InChI is InChI=1S/C22H30FN3O3/c1-14(27)24-11-20-16-9-15(19-5-3-4-8-26(19)20)12-25(13-16)22(28)18-10-17(23)6-7-21(18)29-2/h6-7,10,15-16,19-20H,3-5,8-9,11-13H2,1-2H3,(H,24,27)/t15-,16+,19+,20+/m1/s1. The van der Waals surface area contributed by atoms with E-state index in [2.05, 4.69) is 10.2 Å². The maximum Gasteiger partial charge on any atom is 0.257 e. The molecule has 1 aromatic rings. The van der Waals surface area contributed by atoms with Gasteiger partial charge in [0.1, 0.15) is 11.6 Å². The van der Waals surface area contributed by atoms with Crippen LogP contribution in [0.15, 0.2) is 18.2 Å². The molecule has 0 radical (unpaired) electrons. The third-order valence-corrected chi connectivity index (χ3v) is 6.86. The molecule has 0 spiro atoms. The lowest BCUT2D eigenvalue weighted by Crippen LogP contribution is -2.66. The SMILES string of the molecule is COc1ccc(F)cc1C(=O)N1C[C@H]2C[C@@H](C1)[C@H](CNC(C)=O)N1CCCC[C@@H]21. The van der Waals surface area contributed by atoms with E-state index in [-0.39, 0.29) is 23.4 Å². The normalized spacial score (nSPS) is 29.1. The minimum Gasteiger partial charge on any atom is -0.496 e. The molecule has 1 aromatic carbocycles. The number of likely N-dealkylation sites (tertiary alicyclic amines) is 1. The molecule has 158 valence electrons. The molecule has 0 aliphatic carbocycles. The quantitative estimate of drug-likeness (QED) is 0.838. The molecule has 0 saturated carbocycles. The lowest BCUT2D eigenvalue weighted by atomic mass is 9.72. The van der Waals surface area contributed by atoms with E-state index in [0.717, 1.165) is 19.4 Å². The average molecular weight is 403 g/mol. The zero-order valence-corrected chi connectivity index (χ0v) is 17.2. The van der Waals surface area contributed by atoms with Gasteiger partial charge < -0.3 is 15.0 Å². The molecule has 6 nitrogen and oxygen atoms in total. The molecule has 3 aliphatic heterocycles. The summed E-state index contributed by atoms with van der Waals surface area (Å²) < 4.78 is 19.1. The van der Waals surface area contributed by atoms with Crippen LogP contribution in [0.4, 0.5) is 4.39 Å². The first-order valence-electron chi connectivity index (χ1n) is 10.6. The molecule has 1 N–H and O–H groups in total. The number of nitrogens with zero attached hydrogens (tertiary/aromatic N) is 2. The number of amides is 2. The van der Waals surface area contributed by atoms with Gasteiger partial charge in [-0.05, 0) is 55.8 Å². The van der Waals surface area contributed by atoms with E-state index in [1.54, 1.807) is 6.92 Å². The van der Waals surface area contributed by atoms with Crippen LogP contribution in [0.5, 0.6) is 5.75 Å². The van der Waals surface area contributed by atoms with Crippen molar-refractivity contribution in [2.75, 3.05) is 33.3 Å². The van der Waals surface area contributed by atoms with Crippen molar-refractivity contribution in [1.29, 1.82) is 0 Å². The summed E-state index contributed by atoms with van der Waals surface area (Å²) in [4.78, 5) is 29.3. The molecule has 3 heterocycles. The van der Waals surface area contributed by atoms with Crippen LogP contribution in [-0.4, -0.2) is 67.0 Å². The van der Waals surface area contributed by atoms with Crippen molar-refractivity contribution in [2.45, 2.75) is 44.7 Å². The van der Waals surface area contributed by atoms with Crippen molar-refractivity contribution in [3.05, 3.63) is 29.6 Å². The highest BCUT2D eigenvalue weighted by molar-refractivity contribution is 5.97. The smallest absolute Gasteiger partial charge is 0.257 e. The lowest BCUT2D eigenvalue weighted by Gasteiger charge is -2.56. The second kappa shape index (κ2) is 8.30. The van der Waals surface area contributed by atoms with Crippen molar-refractivity contribution in [3.63, 3.8) is 0 Å². The lowest BCUT2D eigenvalue weighted by molar-refractivity contribution is -0.120. The monoisotopic (exact) mass is 403 g/mol. The number of carbonyl (C=O) groups excluding carboxylic acids is 2. The highest BCUT2D eigenvalue weighted by Crippen LogP contribution is 2.41. The summed E-state index contributed by atoms with van der Waals surface area (Å²) in [6, 6.07) is 4.78. The number of carbonyl (C=O) groups is 2. The van der Waals surface area contributed by atoms with Gasteiger partial charge in [-0.1, -0.05) is 6.42 Å². The maximum atomic E-state index is 13.8. The number of halogens is 1. The summed E-state index contributed by atoms with van der Waals surface area (Å²) in [5.74, 6) is 0.506. The molecular formula is C22H30FN3O3. The molecule has 3 saturated heterocycles. The van der Waals surface area contributed by atoms with E-state index in [9.17, 15) is 14.0 Å². The summed E-state index contributed by atoms with van der Waals surface area (Å²) in [6.45, 7) is 4.56. The fourth-order valence-electron chi connectivity index (χ4n) is 5.62.